The van der Waals surface area contributed by atoms with Crippen LogP contribution in [0.15, 0.2) is 42.0 Å². The molecule has 4 heterocycles. The zero-order valence-corrected chi connectivity index (χ0v) is 19.6. The van der Waals surface area contributed by atoms with Crippen LogP contribution in [0.3, 0.4) is 0 Å². The van der Waals surface area contributed by atoms with Gasteiger partial charge in [-0.25, -0.2) is 0 Å². The van der Waals surface area contributed by atoms with Crippen molar-refractivity contribution in [1.82, 2.24) is 29.9 Å². The third-order valence-electron chi connectivity index (χ3n) is 6.27. The molecule has 0 bridgehead atoms. The van der Waals surface area contributed by atoms with Crippen LogP contribution < -0.4 is 5.32 Å². The summed E-state index contributed by atoms with van der Waals surface area (Å²) in [5.74, 6) is -0.501. The molecule has 0 radical (unpaired) electrons. The van der Waals surface area contributed by atoms with Gasteiger partial charge >= 0.3 is 0 Å². The second-order valence-corrected chi connectivity index (χ2v) is 9.39. The van der Waals surface area contributed by atoms with Crippen molar-refractivity contribution in [2.24, 2.45) is 0 Å². The molecule has 1 fully saturated rings. The molecule has 0 spiro atoms. The lowest BCUT2D eigenvalue weighted by Crippen LogP contribution is -2.50. The largest absolute Gasteiger partial charge is 0.353 e. The average molecular weight is 479 g/mol. The molecule has 3 aromatic rings. The Hall–Kier alpha value is -3.53. The van der Waals surface area contributed by atoms with Crippen molar-refractivity contribution in [3.8, 4) is 0 Å². The lowest BCUT2D eigenvalue weighted by Gasteiger charge is -2.29. The molecule has 10 heteroatoms. The lowest BCUT2D eigenvalue weighted by molar-refractivity contribution is -0.123. The first kappa shape index (κ1) is 22.3. The Labute approximate surface area is 201 Å². The van der Waals surface area contributed by atoms with Gasteiger partial charge < -0.3 is 15.1 Å². The van der Waals surface area contributed by atoms with Crippen LogP contribution in [0.5, 0.6) is 0 Å². The minimum atomic E-state index is -0.250. The van der Waals surface area contributed by atoms with E-state index in [1.165, 1.54) is 16.9 Å². The smallest absolute Gasteiger partial charge is 0.275 e. The van der Waals surface area contributed by atoms with Crippen LogP contribution in [0, 0.1) is 0 Å². The summed E-state index contributed by atoms with van der Waals surface area (Å²) in [5.41, 5.74) is 5.06. The molecule has 2 aliphatic rings. The maximum absolute atomic E-state index is 13.4. The van der Waals surface area contributed by atoms with Gasteiger partial charge in [0.25, 0.3) is 11.8 Å². The summed E-state index contributed by atoms with van der Waals surface area (Å²) in [5, 5.41) is 7.48. The van der Waals surface area contributed by atoms with E-state index in [0.29, 0.717) is 49.7 Å². The fourth-order valence-corrected chi connectivity index (χ4v) is 5.12. The van der Waals surface area contributed by atoms with Gasteiger partial charge in [0.1, 0.15) is 4.88 Å². The van der Waals surface area contributed by atoms with Gasteiger partial charge in [-0.15, -0.1) is 11.3 Å². The summed E-state index contributed by atoms with van der Waals surface area (Å²) in [6.45, 7) is 2.48. The standard InChI is InChI=1S/C24H26N6O3S/c31-21-15-29(12-9-26-21)24(33)22-18-14-28(23(32)20-13-25-16-34-20)11-8-19(18)30(27-22)10-4-7-17-5-2-1-3-6-17/h1-3,5-6,13,16H,4,7-12,14-15H2,(H,26,31). The lowest BCUT2D eigenvalue weighted by atomic mass is 10.0. The van der Waals surface area contributed by atoms with E-state index in [9.17, 15) is 14.4 Å². The summed E-state index contributed by atoms with van der Waals surface area (Å²) in [7, 11) is 0. The molecule has 9 nitrogen and oxygen atoms in total. The quantitative estimate of drug-likeness (QED) is 0.582. The molecule has 0 atom stereocenters. The van der Waals surface area contributed by atoms with Crippen LogP contribution in [0.25, 0.3) is 0 Å². The monoisotopic (exact) mass is 478 g/mol. The van der Waals surface area contributed by atoms with Gasteiger partial charge in [-0.1, -0.05) is 30.3 Å². The topological polar surface area (TPSA) is 100 Å². The summed E-state index contributed by atoms with van der Waals surface area (Å²) in [6.07, 6.45) is 4.02. The molecule has 1 aromatic carbocycles. The molecule has 34 heavy (non-hydrogen) atoms. The molecule has 0 saturated carbocycles. The van der Waals surface area contributed by atoms with Gasteiger partial charge in [0, 0.05) is 43.9 Å². The maximum atomic E-state index is 13.4. The minimum Gasteiger partial charge on any atom is -0.353 e. The van der Waals surface area contributed by atoms with Crippen LogP contribution in [-0.2, 0) is 30.7 Å². The number of hydrogen-bond acceptors (Lipinski definition) is 6. The molecule has 1 saturated heterocycles. The Morgan fingerprint density at radius 2 is 1.88 bits per heavy atom. The molecule has 0 aliphatic carbocycles. The van der Waals surface area contributed by atoms with E-state index >= 15 is 0 Å². The second-order valence-electron chi connectivity index (χ2n) is 8.51. The number of aromatic nitrogens is 3. The number of aryl methyl sites for hydroxylation is 2. The van der Waals surface area contributed by atoms with Crippen LogP contribution in [-0.4, -0.2) is 68.5 Å². The van der Waals surface area contributed by atoms with Gasteiger partial charge in [-0.2, -0.15) is 5.10 Å². The maximum Gasteiger partial charge on any atom is 0.275 e. The van der Waals surface area contributed by atoms with E-state index in [1.54, 1.807) is 21.5 Å². The van der Waals surface area contributed by atoms with Gasteiger partial charge in [0.2, 0.25) is 5.91 Å². The molecule has 1 N–H and O–H groups in total. The van der Waals surface area contributed by atoms with Crippen molar-refractivity contribution in [3.05, 3.63) is 69.4 Å². The summed E-state index contributed by atoms with van der Waals surface area (Å²) >= 11 is 1.31. The molecule has 2 aromatic heterocycles. The predicted molar refractivity (Wildman–Crippen MR) is 126 cm³/mol. The van der Waals surface area contributed by atoms with Crippen molar-refractivity contribution in [3.63, 3.8) is 0 Å². The fraction of sp³-hybridized carbons (Fsp3) is 0.375. The van der Waals surface area contributed by atoms with Crippen LogP contribution >= 0.6 is 11.3 Å². The van der Waals surface area contributed by atoms with E-state index < -0.39 is 0 Å². The summed E-state index contributed by atoms with van der Waals surface area (Å²) in [6, 6.07) is 10.3. The average Bonchev–Trinajstić information content (AvgIpc) is 3.52. The van der Waals surface area contributed by atoms with E-state index in [1.807, 2.05) is 22.9 Å². The fourth-order valence-electron chi connectivity index (χ4n) is 4.54. The number of fused-ring (bicyclic) bond motifs is 1. The number of piperazine rings is 1. The van der Waals surface area contributed by atoms with Crippen LogP contribution in [0.1, 0.15) is 43.4 Å². The minimum absolute atomic E-state index is 0.0258. The van der Waals surface area contributed by atoms with Gasteiger partial charge in [-0.05, 0) is 18.4 Å². The van der Waals surface area contributed by atoms with Crippen molar-refractivity contribution in [1.29, 1.82) is 0 Å². The molecule has 5 rings (SSSR count). The van der Waals surface area contributed by atoms with Crippen molar-refractivity contribution in [2.45, 2.75) is 32.4 Å². The van der Waals surface area contributed by atoms with E-state index in [0.717, 1.165) is 24.1 Å². The molecule has 0 unspecified atom stereocenters. The Morgan fingerprint density at radius 3 is 2.65 bits per heavy atom. The Balaban J connectivity index is 1.39. The number of rotatable bonds is 6. The first-order valence-electron chi connectivity index (χ1n) is 11.5. The zero-order chi connectivity index (χ0) is 23.5. The predicted octanol–water partition coefficient (Wildman–Crippen LogP) is 1.74. The number of nitrogens with zero attached hydrogens (tertiary/aromatic N) is 5. The zero-order valence-electron chi connectivity index (χ0n) is 18.8. The van der Waals surface area contributed by atoms with Crippen LogP contribution in [0.2, 0.25) is 0 Å². The number of hydrogen-bond donors (Lipinski definition) is 1. The van der Waals surface area contributed by atoms with E-state index in [-0.39, 0.29) is 24.3 Å². The van der Waals surface area contributed by atoms with E-state index in [4.69, 9.17) is 5.10 Å². The van der Waals surface area contributed by atoms with Crippen LogP contribution in [0.4, 0.5) is 0 Å². The molecule has 3 amide bonds. The third kappa shape index (κ3) is 4.58. The highest BCUT2D eigenvalue weighted by molar-refractivity contribution is 7.11. The van der Waals surface area contributed by atoms with Gasteiger partial charge in [0.15, 0.2) is 5.69 Å². The molecule has 176 valence electrons. The second kappa shape index (κ2) is 9.76. The third-order valence-corrected chi connectivity index (χ3v) is 7.03. The molecular formula is C24H26N6O3S. The Kier molecular flexibility index (Phi) is 6.39. The normalized spacial score (nSPS) is 15.7. The SMILES string of the molecule is O=C1CN(C(=O)c2nn(CCCc3ccccc3)c3c2CN(C(=O)c2cncs2)CC3)CCN1. The highest BCUT2D eigenvalue weighted by Gasteiger charge is 2.33. The Bertz CT molecular complexity index is 1190. The highest BCUT2D eigenvalue weighted by atomic mass is 32.1. The number of benzene rings is 1. The summed E-state index contributed by atoms with van der Waals surface area (Å²) in [4.78, 5) is 46.1. The number of thiazole rings is 1. The first-order chi connectivity index (χ1) is 16.6. The van der Waals surface area contributed by atoms with Gasteiger partial charge in [0.05, 0.1) is 24.8 Å². The number of nitrogens with one attached hydrogen (secondary N) is 1. The number of carbonyl (C=O) groups excluding carboxylic acids is 3. The van der Waals surface area contributed by atoms with Crippen molar-refractivity contribution >= 4 is 29.1 Å². The highest BCUT2D eigenvalue weighted by Crippen LogP contribution is 2.26. The first-order valence-corrected chi connectivity index (χ1v) is 12.3. The molecule has 2 aliphatic heterocycles. The Morgan fingerprint density at radius 1 is 1.06 bits per heavy atom. The number of amides is 3. The molecular weight excluding hydrogens is 452 g/mol. The van der Waals surface area contributed by atoms with Crippen molar-refractivity contribution in [2.75, 3.05) is 26.2 Å². The summed E-state index contributed by atoms with van der Waals surface area (Å²) < 4.78 is 1.93. The van der Waals surface area contributed by atoms with Crippen molar-refractivity contribution < 1.29 is 14.4 Å². The van der Waals surface area contributed by atoms with Gasteiger partial charge in [-0.3, -0.25) is 24.0 Å². The van der Waals surface area contributed by atoms with E-state index in [2.05, 4.69) is 22.4 Å². The number of carbonyl (C=O) groups is 3.